The van der Waals surface area contributed by atoms with Gasteiger partial charge >= 0.3 is 5.97 Å². The van der Waals surface area contributed by atoms with E-state index in [0.717, 1.165) is 5.56 Å². The number of carbonyl (C=O) groups excluding carboxylic acids is 1. The summed E-state index contributed by atoms with van der Waals surface area (Å²) in [7, 11) is -3.83. The zero-order valence-corrected chi connectivity index (χ0v) is 12.8. The fraction of sp³-hybridized carbons (Fsp3) is 0.429. The number of ether oxygens (including phenoxy) is 1. The largest absolute Gasteiger partial charge is 0.465 e. The van der Waals surface area contributed by atoms with Crippen LogP contribution >= 0.6 is 0 Å². The van der Waals surface area contributed by atoms with Crippen LogP contribution in [-0.2, 0) is 19.6 Å². The predicted octanol–water partition coefficient (Wildman–Crippen LogP) is 1.51. The van der Waals surface area contributed by atoms with Crippen molar-refractivity contribution in [3.05, 3.63) is 29.8 Å². The van der Waals surface area contributed by atoms with Gasteiger partial charge in [0.1, 0.15) is 6.04 Å². The monoisotopic (exact) mass is 310 g/mol. The summed E-state index contributed by atoms with van der Waals surface area (Å²) < 4.78 is 31.6. The molecule has 1 atom stereocenters. The quantitative estimate of drug-likeness (QED) is 0.770. The Bertz CT molecular complexity index is 617. The van der Waals surface area contributed by atoms with E-state index in [1.165, 1.54) is 12.1 Å². The smallest absolute Gasteiger partial charge is 0.324 e. The van der Waals surface area contributed by atoms with Gasteiger partial charge in [0.25, 0.3) is 0 Å². The molecule has 0 fully saturated rings. The first-order valence-electron chi connectivity index (χ1n) is 6.53. The standard InChI is InChI=1S/C14H18N2O4S/c1-3-20-14(17)13(5-4-10-15)16-21(18,19)12-8-6-11(2)7-9-12/h6-9,13,16H,3-5H2,1-2H3/t13-/m0/s1. The first-order valence-corrected chi connectivity index (χ1v) is 8.01. The maximum atomic E-state index is 12.2. The second-order valence-corrected chi connectivity index (χ2v) is 6.15. The highest BCUT2D eigenvalue weighted by atomic mass is 32.2. The molecule has 0 aromatic heterocycles. The number of esters is 1. The minimum atomic E-state index is -3.83. The summed E-state index contributed by atoms with van der Waals surface area (Å²) >= 11 is 0. The molecule has 1 N–H and O–H groups in total. The molecule has 114 valence electrons. The molecule has 0 unspecified atom stereocenters. The fourth-order valence-corrected chi connectivity index (χ4v) is 2.87. The van der Waals surface area contributed by atoms with Gasteiger partial charge in [0.2, 0.25) is 10.0 Å². The van der Waals surface area contributed by atoms with Gasteiger partial charge in [-0.2, -0.15) is 9.98 Å². The van der Waals surface area contributed by atoms with Gasteiger partial charge in [0.15, 0.2) is 0 Å². The van der Waals surface area contributed by atoms with E-state index in [1.54, 1.807) is 19.1 Å². The molecule has 0 saturated heterocycles. The van der Waals surface area contributed by atoms with Crippen molar-refractivity contribution in [3.8, 4) is 6.07 Å². The van der Waals surface area contributed by atoms with Crippen molar-refractivity contribution in [1.82, 2.24) is 4.72 Å². The Morgan fingerprint density at radius 1 is 1.38 bits per heavy atom. The average molecular weight is 310 g/mol. The molecule has 0 spiro atoms. The van der Waals surface area contributed by atoms with Gasteiger partial charge in [0, 0.05) is 6.42 Å². The Balaban J connectivity index is 2.92. The predicted molar refractivity (Wildman–Crippen MR) is 76.8 cm³/mol. The zero-order valence-electron chi connectivity index (χ0n) is 12.0. The third-order valence-electron chi connectivity index (χ3n) is 2.74. The molecule has 6 nitrogen and oxygen atoms in total. The van der Waals surface area contributed by atoms with E-state index < -0.39 is 22.0 Å². The lowest BCUT2D eigenvalue weighted by Crippen LogP contribution is -2.41. The lowest BCUT2D eigenvalue weighted by molar-refractivity contribution is -0.145. The van der Waals surface area contributed by atoms with Crippen LogP contribution in [0.25, 0.3) is 0 Å². The van der Waals surface area contributed by atoms with Crippen LogP contribution in [0, 0.1) is 18.3 Å². The molecule has 21 heavy (non-hydrogen) atoms. The van der Waals surface area contributed by atoms with Crippen molar-refractivity contribution in [1.29, 1.82) is 5.26 Å². The van der Waals surface area contributed by atoms with E-state index in [2.05, 4.69) is 4.72 Å². The second kappa shape index (κ2) is 7.76. The van der Waals surface area contributed by atoms with Gasteiger partial charge in [0.05, 0.1) is 17.6 Å². The summed E-state index contributed by atoms with van der Waals surface area (Å²) in [6, 6.07) is 7.09. The second-order valence-electron chi connectivity index (χ2n) is 4.44. The molecular formula is C14H18N2O4S. The Morgan fingerprint density at radius 3 is 2.52 bits per heavy atom. The third-order valence-corrected chi connectivity index (χ3v) is 4.23. The molecule has 1 rings (SSSR count). The van der Waals surface area contributed by atoms with Crippen molar-refractivity contribution in [2.24, 2.45) is 0 Å². The first-order chi connectivity index (χ1) is 9.90. The molecule has 0 saturated carbocycles. The van der Waals surface area contributed by atoms with Crippen LogP contribution in [0.2, 0.25) is 0 Å². The topological polar surface area (TPSA) is 96.3 Å². The molecule has 0 aliphatic heterocycles. The van der Waals surface area contributed by atoms with E-state index in [4.69, 9.17) is 10.00 Å². The Labute approximate surface area is 124 Å². The van der Waals surface area contributed by atoms with E-state index in [0.29, 0.717) is 0 Å². The minimum Gasteiger partial charge on any atom is -0.465 e. The SMILES string of the molecule is CCOC(=O)[C@H](CCC#N)NS(=O)(=O)c1ccc(C)cc1. The number of benzene rings is 1. The molecule has 0 amide bonds. The number of rotatable bonds is 7. The Kier molecular flexibility index (Phi) is 6.34. The molecule has 7 heteroatoms. The van der Waals surface area contributed by atoms with Crippen molar-refractivity contribution in [3.63, 3.8) is 0 Å². The highest BCUT2D eigenvalue weighted by Gasteiger charge is 2.26. The average Bonchev–Trinajstić information content (AvgIpc) is 2.44. The van der Waals surface area contributed by atoms with E-state index in [-0.39, 0.29) is 24.3 Å². The maximum absolute atomic E-state index is 12.2. The Morgan fingerprint density at radius 2 is 2.00 bits per heavy atom. The minimum absolute atomic E-state index is 0.0555. The van der Waals surface area contributed by atoms with Gasteiger partial charge in [-0.15, -0.1) is 0 Å². The summed E-state index contributed by atoms with van der Waals surface area (Å²) in [5.41, 5.74) is 0.931. The molecule has 0 aliphatic rings. The lowest BCUT2D eigenvalue weighted by atomic mass is 10.2. The van der Waals surface area contributed by atoms with Crippen molar-refractivity contribution in [2.45, 2.75) is 37.6 Å². The van der Waals surface area contributed by atoms with E-state index in [1.807, 2.05) is 13.0 Å². The number of sulfonamides is 1. The number of carbonyl (C=O) groups is 1. The van der Waals surface area contributed by atoms with Crippen molar-refractivity contribution in [2.75, 3.05) is 6.61 Å². The van der Waals surface area contributed by atoms with Crippen LogP contribution < -0.4 is 4.72 Å². The lowest BCUT2D eigenvalue weighted by Gasteiger charge is -2.16. The normalized spacial score (nSPS) is 12.4. The molecule has 0 aliphatic carbocycles. The van der Waals surface area contributed by atoms with Crippen LogP contribution in [-0.4, -0.2) is 27.0 Å². The van der Waals surface area contributed by atoms with Crippen LogP contribution in [0.15, 0.2) is 29.2 Å². The summed E-state index contributed by atoms with van der Waals surface area (Å²) in [5, 5.41) is 8.59. The summed E-state index contributed by atoms with van der Waals surface area (Å²) in [5.74, 6) is -0.677. The maximum Gasteiger partial charge on any atom is 0.324 e. The van der Waals surface area contributed by atoms with Crippen LogP contribution in [0.1, 0.15) is 25.3 Å². The molecule has 1 aromatic carbocycles. The van der Waals surface area contributed by atoms with Crippen molar-refractivity contribution >= 4 is 16.0 Å². The first kappa shape index (κ1) is 17.1. The molecule has 0 radical (unpaired) electrons. The van der Waals surface area contributed by atoms with Gasteiger partial charge in [-0.1, -0.05) is 17.7 Å². The van der Waals surface area contributed by atoms with Crippen LogP contribution in [0.4, 0.5) is 0 Å². The highest BCUT2D eigenvalue weighted by molar-refractivity contribution is 7.89. The van der Waals surface area contributed by atoms with Gasteiger partial charge in [-0.05, 0) is 32.4 Å². The summed E-state index contributed by atoms with van der Waals surface area (Å²) in [6.07, 6.45) is 0.125. The van der Waals surface area contributed by atoms with E-state index >= 15 is 0 Å². The molecule has 0 bridgehead atoms. The van der Waals surface area contributed by atoms with Gasteiger partial charge < -0.3 is 4.74 Å². The van der Waals surface area contributed by atoms with E-state index in [9.17, 15) is 13.2 Å². The summed E-state index contributed by atoms with van der Waals surface area (Å²) in [6.45, 7) is 3.63. The van der Waals surface area contributed by atoms with Crippen molar-refractivity contribution < 1.29 is 17.9 Å². The van der Waals surface area contributed by atoms with Crippen LogP contribution in [0.3, 0.4) is 0 Å². The van der Waals surface area contributed by atoms with Gasteiger partial charge in [-0.3, -0.25) is 4.79 Å². The molecular weight excluding hydrogens is 292 g/mol. The summed E-state index contributed by atoms with van der Waals surface area (Å²) in [4.78, 5) is 11.8. The zero-order chi connectivity index (χ0) is 15.9. The number of nitrogens with one attached hydrogen (secondary N) is 1. The number of nitrogens with zero attached hydrogens (tertiary/aromatic N) is 1. The Hall–Kier alpha value is -1.91. The number of nitriles is 1. The number of hydrogen-bond acceptors (Lipinski definition) is 5. The third kappa shape index (κ3) is 5.17. The molecule has 0 heterocycles. The number of aryl methyl sites for hydroxylation is 1. The van der Waals surface area contributed by atoms with Crippen LogP contribution in [0.5, 0.6) is 0 Å². The number of hydrogen-bond donors (Lipinski definition) is 1. The molecule has 1 aromatic rings. The fourth-order valence-electron chi connectivity index (χ4n) is 1.65. The van der Waals surface area contributed by atoms with Gasteiger partial charge in [-0.25, -0.2) is 8.42 Å². The highest BCUT2D eigenvalue weighted by Crippen LogP contribution is 2.12.